The first-order valence-corrected chi connectivity index (χ1v) is 8.94. The maximum Gasteiger partial charge on any atom is 0.305 e. The molecule has 0 saturated carbocycles. The molecule has 0 aliphatic carbocycles. The molecule has 1 aliphatic heterocycles. The molecule has 0 radical (unpaired) electrons. The molecule has 1 amide bonds. The molecule has 2 aromatic rings. The Kier molecular flexibility index (Phi) is 5.70. The number of halogens is 1. The Labute approximate surface area is 159 Å². The van der Waals surface area contributed by atoms with Crippen LogP contribution < -0.4 is 4.90 Å². The van der Waals surface area contributed by atoms with Gasteiger partial charge in [-0.3, -0.25) is 14.5 Å². The maximum absolute atomic E-state index is 12.6. The summed E-state index contributed by atoms with van der Waals surface area (Å²) in [6.07, 6.45) is 1.27. The van der Waals surface area contributed by atoms with Gasteiger partial charge in [0.05, 0.1) is 18.3 Å². The first-order chi connectivity index (χ1) is 12.5. The topological polar surface area (TPSA) is 82.3 Å². The van der Waals surface area contributed by atoms with Gasteiger partial charge in [0.2, 0.25) is 5.91 Å². The number of carbonyl (C=O) groups is 2. The standard InChI is InChI=1S/C18H14ClN3O3S/c19-13-8-6-12(7-9-13)11-20-21-18-22(14-4-2-1-3-5-14)17(25)15(26-18)10-16(23)24/h1-9,11,15H,10H2,(H,23,24)/b20-11+,21-18-. The van der Waals surface area contributed by atoms with Crippen molar-refractivity contribution in [1.29, 1.82) is 0 Å². The summed E-state index contributed by atoms with van der Waals surface area (Å²) < 4.78 is 0. The number of nitrogens with zero attached hydrogens (tertiary/aromatic N) is 3. The van der Waals surface area contributed by atoms with Crippen molar-refractivity contribution in [2.45, 2.75) is 11.7 Å². The number of carbonyl (C=O) groups excluding carboxylic acids is 1. The number of amidine groups is 1. The lowest BCUT2D eigenvalue weighted by Crippen LogP contribution is -2.32. The van der Waals surface area contributed by atoms with Crippen LogP contribution in [0.25, 0.3) is 0 Å². The average Bonchev–Trinajstić information content (AvgIpc) is 2.92. The van der Waals surface area contributed by atoms with E-state index in [-0.39, 0.29) is 12.3 Å². The van der Waals surface area contributed by atoms with Crippen LogP contribution in [0.2, 0.25) is 5.02 Å². The average molecular weight is 388 g/mol. The lowest BCUT2D eigenvalue weighted by atomic mass is 10.2. The van der Waals surface area contributed by atoms with Crippen LogP contribution in [0.3, 0.4) is 0 Å². The normalized spacial score (nSPS) is 18.8. The second kappa shape index (κ2) is 8.16. The van der Waals surface area contributed by atoms with E-state index < -0.39 is 11.2 Å². The molecule has 6 nitrogen and oxygen atoms in total. The van der Waals surface area contributed by atoms with Gasteiger partial charge in [0.15, 0.2) is 5.17 Å². The minimum atomic E-state index is -1.03. The molecule has 2 aromatic carbocycles. The van der Waals surface area contributed by atoms with Crippen LogP contribution in [0.5, 0.6) is 0 Å². The number of hydrogen-bond donors (Lipinski definition) is 1. The molecule has 1 atom stereocenters. The Hall–Kier alpha value is -2.64. The van der Waals surface area contributed by atoms with Gasteiger partial charge in [-0.15, -0.1) is 5.10 Å². The monoisotopic (exact) mass is 387 g/mol. The summed E-state index contributed by atoms with van der Waals surface area (Å²) in [7, 11) is 0. The van der Waals surface area contributed by atoms with Gasteiger partial charge in [-0.25, -0.2) is 0 Å². The molecule has 1 heterocycles. The number of amides is 1. The molecule has 1 saturated heterocycles. The number of aliphatic carboxylic acids is 1. The number of hydrogen-bond acceptors (Lipinski definition) is 5. The predicted octanol–water partition coefficient (Wildman–Crippen LogP) is 3.65. The quantitative estimate of drug-likeness (QED) is 0.627. The number of benzene rings is 2. The number of anilines is 1. The molecule has 0 spiro atoms. The van der Waals surface area contributed by atoms with Gasteiger partial charge in [-0.1, -0.05) is 53.7 Å². The Morgan fingerprint density at radius 1 is 1.19 bits per heavy atom. The molecule has 3 rings (SSSR count). The molecule has 132 valence electrons. The zero-order valence-electron chi connectivity index (χ0n) is 13.4. The van der Waals surface area contributed by atoms with E-state index in [0.717, 1.165) is 17.3 Å². The lowest BCUT2D eigenvalue weighted by Gasteiger charge is -2.15. The van der Waals surface area contributed by atoms with Crippen LogP contribution in [0.15, 0.2) is 64.8 Å². The molecule has 1 N–H and O–H groups in total. The first-order valence-electron chi connectivity index (χ1n) is 7.68. The first kappa shape index (κ1) is 18.2. The second-order valence-electron chi connectivity index (χ2n) is 5.39. The summed E-state index contributed by atoms with van der Waals surface area (Å²) in [5, 5.41) is 17.4. The van der Waals surface area contributed by atoms with E-state index >= 15 is 0 Å². The van der Waals surface area contributed by atoms with Gasteiger partial charge in [0.25, 0.3) is 0 Å². The van der Waals surface area contributed by atoms with Crippen LogP contribution in [0, 0.1) is 0 Å². The third kappa shape index (κ3) is 4.30. The van der Waals surface area contributed by atoms with E-state index in [4.69, 9.17) is 16.7 Å². The van der Waals surface area contributed by atoms with Gasteiger partial charge in [0.1, 0.15) is 5.25 Å². The van der Waals surface area contributed by atoms with Crippen molar-refractivity contribution in [3.05, 3.63) is 65.2 Å². The van der Waals surface area contributed by atoms with Crippen molar-refractivity contribution >= 4 is 52.3 Å². The highest BCUT2D eigenvalue weighted by Crippen LogP contribution is 2.33. The lowest BCUT2D eigenvalue weighted by molar-refractivity contribution is -0.138. The largest absolute Gasteiger partial charge is 0.481 e. The Morgan fingerprint density at radius 3 is 2.54 bits per heavy atom. The molecule has 1 fully saturated rings. The minimum Gasteiger partial charge on any atom is -0.481 e. The molecule has 0 bridgehead atoms. The van der Waals surface area contributed by atoms with E-state index in [2.05, 4.69) is 10.2 Å². The zero-order valence-corrected chi connectivity index (χ0v) is 15.0. The Morgan fingerprint density at radius 2 is 1.88 bits per heavy atom. The van der Waals surface area contributed by atoms with E-state index in [1.54, 1.807) is 54.7 Å². The van der Waals surface area contributed by atoms with Gasteiger partial charge in [0, 0.05) is 5.02 Å². The van der Waals surface area contributed by atoms with E-state index in [0.29, 0.717) is 15.9 Å². The van der Waals surface area contributed by atoms with Gasteiger partial charge in [-0.2, -0.15) is 5.10 Å². The van der Waals surface area contributed by atoms with Gasteiger partial charge in [-0.05, 0) is 29.8 Å². The van der Waals surface area contributed by atoms with Crippen molar-refractivity contribution < 1.29 is 14.7 Å². The molecule has 8 heteroatoms. The highest BCUT2D eigenvalue weighted by molar-refractivity contribution is 8.16. The molecule has 1 aliphatic rings. The summed E-state index contributed by atoms with van der Waals surface area (Å²) in [4.78, 5) is 25.0. The van der Waals surface area contributed by atoms with Crippen molar-refractivity contribution in [2.75, 3.05) is 4.90 Å². The van der Waals surface area contributed by atoms with Crippen LogP contribution in [0.4, 0.5) is 5.69 Å². The van der Waals surface area contributed by atoms with E-state index in [1.807, 2.05) is 6.07 Å². The van der Waals surface area contributed by atoms with Crippen LogP contribution in [0.1, 0.15) is 12.0 Å². The third-order valence-corrected chi connectivity index (χ3v) is 4.91. The van der Waals surface area contributed by atoms with Gasteiger partial charge < -0.3 is 5.11 Å². The van der Waals surface area contributed by atoms with E-state index in [9.17, 15) is 9.59 Å². The molecule has 26 heavy (non-hydrogen) atoms. The van der Waals surface area contributed by atoms with Crippen LogP contribution >= 0.6 is 23.4 Å². The number of rotatable bonds is 5. The maximum atomic E-state index is 12.6. The fourth-order valence-corrected chi connectivity index (χ4v) is 3.54. The number of carboxylic acid groups (broad SMARTS) is 1. The molecular weight excluding hydrogens is 374 g/mol. The summed E-state index contributed by atoms with van der Waals surface area (Å²) in [6, 6.07) is 16.0. The van der Waals surface area contributed by atoms with Gasteiger partial charge >= 0.3 is 5.97 Å². The fourth-order valence-electron chi connectivity index (χ4n) is 2.33. The highest BCUT2D eigenvalue weighted by Gasteiger charge is 2.40. The molecule has 0 aromatic heterocycles. The Bertz CT molecular complexity index is 869. The smallest absolute Gasteiger partial charge is 0.305 e. The SMILES string of the molecule is O=C(O)CC1S/C(=N\N=C\c2ccc(Cl)cc2)N(c2ccccc2)C1=O. The minimum absolute atomic E-state index is 0.271. The molecular formula is C18H14ClN3O3S. The Balaban J connectivity index is 1.87. The summed E-state index contributed by atoms with van der Waals surface area (Å²) >= 11 is 6.94. The van der Waals surface area contributed by atoms with Crippen molar-refractivity contribution in [3.8, 4) is 0 Å². The number of para-hydroxylation sites is 1. The fraction of sp³-hybridized carbons (Fsp3) is 0.111. The molecule has 1 unspecified atom stereocenters. The second-order valence-corrected chi connectivity index (χ2v) is 7.00. The highest BCUT2D eigenvalue weighted by atomic mass is 35.5. The number of carboxylic acids is 1. The van der Waals surface area contributed by atoms with Crippen LogP contribution in [-0.4, -0.2) is 33.6 Å². The number of thioether (sulfide) groups is 1. The van der Waals surface area contributed by atoms with Crippen molar-refractivity contribution in [1.82, 2.24) is 0 Å². The predicted molar refractivity (Wildman–Crippen MR) is 104 cm³/mol. The van der Waals surface area contributed by atoms with Crippen molar-refractivity contribution in [3.63, 3.8) is 0 Å². The summed E-state index contributed by atoms with van der Waals surface area (Å²) in [6.45, 7) is 0. The summed E-state index contributed by atoms with van der Waals surface area (Å²) in [5.41, 5.74) is 1.43. The van der Waals surface area contributed by atoms with Crippen LogP contribution in [-0.2, 0) is 9.59 Å². The van der Waals surface area contributed by atoms with E-state index in [1.165, 1.54) is 4.90 Å². The zero-order chi connectivity index (χ0) is 18.5. The van der Waals surface area contributed by atoms with Crippen molar-refractivity contribution in [2.24, 2.45) is 10.2 Å². The third-order valence-electron chi connectivity index (χ3n) is 3.53. The summed E-state index contributed by atoms with van der Waals surface area (Å²) in [5.74, 6) is -1.35.